The third-order valence-electron chi connectivity index (χ3n) is 11.6. The molecule has 3 N–H and O–H groups in total. The van der Waals surface area contributed by atoms with Crippen molar-refractivity contribution in [3.8, 4) is 0 Å². The minimum absolute atomic E-state index is 0. The SMILES string of the molecule is COC(=O)O[C@H]1CC[C@]2(N)[C@@H]3CC[C@@H]4C[C@@H](OC(=O)N5CCN(CCO)CC5)CC[C@]4(C)[C@H]3CC[C@]12C.Cl.Cl. The number of fused-ring (bicyclic) bond motifs is 5. The van der Waals surface area contributed by atoms with E-state index in [4.69, 9.17) is 25.1 Å². The van der Waals surface area contributed by atoms with Gasteiger partial charge in [-0.1, -0.05) is 13.8 Å². The molecule has 0 aromatic carbocycles. The minimum atomic E-state index is -0.604. The first-order chi connectivity index (χ1) is 17.6. The van der Waals surface area contributed by atoms with Crippen LogP contribution in [0, 0.1) is 28.6 Å². The lowest BCUT2D eigenvalue weighted by atomic mass is 9.43. The van der Waals surface area contributed by atoms with Crippen molar-refractivity contribution in [2.24, 2.45) is 34.3 Å². The van der Waals surface area contributed by atoms with Crippen molar-refractivity contribution in [2.75, 3.05) is 46.4 Å². The van der Waals surface area contributed by atoms with E-state index < -0.39 is 6.16 Å². The zero-order valence-corrected chi connectivity index (χ0v) is 25.4. The van der Waals surface area contributed by atoms with Crippen molar-refractivity contribution < 1.29 is 28.9 Å². The smallest absolute Gasteiger partial charge is 0.446 e. The highest BCUT2D eigenvalue weighted by Gasteiger charge is 2.67. The van der Waals surface area contributed by atoms with Gasteiger partial charge in [-0.05, 0) is 81.0 Å². The zero-order chi connectivity index (χ0) is 26.4. The summed E-state index contributed by atoms with van der Waals surface area (Å²) in [6.07, 6.45) is 7.92. The van der Waals surface area contributed by atoms with Gasteiger partial charge in [0, 0.05) is 43.7 Å². The maximum Gasteiger partial charge on any atom is 0.508 e. The number of aliphatic hydroxyl groups is 1. The Morgan fingerprint density at radius 2 is 1.64 bits per heavy atom. The van der Waals surface area contributed by atoms with Crippen LogP contribution in [-0.2, 0) is 14.2 Å². The average molecular weight is 595 g/mol. The molecule has 1 aliphatic heterocycles. The number of carbonyl (C=O) groups is 2. The summed E-state index contributed by atoms with van der Waals surface area (Å²) in [6.45, 7) is 8.42. The number of piperazine rings is 1. The Morgan fingerprint density at radius 1 is 0.923 bits per heavy atom. The third kappa shape index (κ3) is 5.60. The molecule has 0 aromatic rings. The monoisotopic (exact) mass is 593 g/mol. The number of hydrogen-bond acceptors (Lipinski definition) is 8. The number of β-amino-alcohol motifs (C(OH)–C–C–N with tert-alkyl or cyclic N) is 1. The van der Waals surface area contributed by atoms with Crippen LogP contribution < -0.4 is 5.73 Å². The highest BCUT2D eigenvalue weighted by Crippen LogP contribution is 2.67. The van der Waals surface area contributed by atoms with E-state index in [0.29, 0.717) is 37.4 Å². The molecule has 4 saturated carbocycles. The largest absolute Gasteiger partial charge is 0.508 e. The van der Waals surface area contributed by atoms with Crippen molar-refractivity contribution >= 4 is 37.1 Å². The summed E-state index contributed by atoms with van der Waals surface area (Å²) >= 11 is 0. The molecule has 0 bridgehead atoms. The standard InChI is InChI=1S/C28H47N3O6.2ClH/c1-26-9-6-20(36-24(33)31-14-12-30(13-15-31)16-17-32)18-19(26)4-5-22-21(26)7-10-27(2)23(37-25(34)35-3)8-11-28(22,27)29;;/h19-23,32H,4-18,29H2,1-3H3;2*1H/t19-,20+,21+,22-,23+,26+,27-,28+;;/m1../s1. The lowest BCUT2D eigenvalue weighted by molar-refractivity contribution is -0.146. The van der Waals surface area contributed by atoms with E-state index in [9.17, 15) is 9.59 Å². The Hall–Kier alpha value is -1.00. The Bertz CT molecular complexity index is 876. The first kappa shape index (κ1) is 32.5. The van der Waals surface area contributed by atoms with E-state index in [1.165, 1.54) is 7.11 Å². The molecule has 0 aromatic heterocycles. The number of carbonyl (C=O) groups excluding carboxylic acids is 2. The zero-order valence-electron chi connectivity index (χ0n) is 23.8. The van der Waals surface area contributed by atoms with Crippen LogP contribution in [-0.4, -0.2) is 91.3 Å². The highest BCUT2D eigenvalue weighted by molar-refractivity contribution is 5.85. The fraction of sp³-hybridized carbons (Fsp3) is 0.929. The molecule has 0 unspecified atom stereocenters. The number of amides is 1. The minimum Gasteiger partial charge on any atom is -0.446 e. The molecule has 5 fully saturated rings. The van der Waals surface area contributed by atoms with Crippen LogP contribution >= 0.6 is 24.8 Å². The lowest BCUT2D eigenvalue weighted by Gasteiger charge is -2.64. The second-order valence-electron chi connectivity index (χ2n) is 12.9. The molecule has 11 heteroatoms. The van der Waals surface area contributed by atoms with E-state index in [-0.39, 0.29) is 66.1 Å². The number of methoxy groups -OCH3 is 1. The Labute approximate surface area is 245 Å². The first-order valence-corrected chi connectivity index (χ1v) is 14.5. The first-order valence-electron chi connectivity index (χ1n) is 14.5. The van der Waals surface area contributed by atoms with Crippen molar-refractivity contribution in [3.05, 3.63) is 0 Å². The van der Waals surface area contributed by atoms with Gasteiger partial charge in [0.25, 0.3) is 0 Å². The van der Waals surface area contributed by atoms with E-state index in [2.05, 4.69) is 18.7 Å². The van der Waals surface area contributed by atoms with Gasteiger partial charge in [0.2, 0.25) is 0 Å². The van der Waals surface area contributed by atoms with Gasteiger partial charge in [-0.25, -0.2) is 9.59 Å². The van der Waals surface area contributed by atoms with Crippen LogP contribution in [0.4, 0.5) is 9.59 Å². The van der Waals surface area contributed by atoms with Crippen molar-refractivity contribution in [1.29, 1.82) is 0 Å². The fourth-order valence-corrected chi connectivity index (χ4v) is 9.21. The summed E-state index contributed by atoms with van der Waals surface area (Å²) in [7, 11) is 1.36. The molecular weight excluding hydrogens is 545 g/mol. The number of aliphatic hydroxyl groups excluding tert-OH is 1. The molecular formula is C28H49Cl2N3O6. The molecule has 39 heavy (non-hydrogen) atoms. The maximum atomic E-state index is 12.9. The summed E-state index contributed by atoms with van der Waals surface area (Å²) in [5.41, 5.74) is 6.97. The Kier molecular flexibility index (Phi) is 10.4. The summed E-state index contributed by atoms with van der Waals surface area (Å²) in [5, 5.41) is 9.15. The van der Waals surface area contributed by atoms with Crippen LogP contribution in [0.5, 0.6) is 0 Å². The van der Waals surface area contributed by atoms with E-state index in [0.717, 1.165) is 70.9 Å². The molecule has 226 valence electrons. The van der Waals surface area contributed by atoms with E-state index in [1.807, 2.05) is 4.90 Å². The van der Waals surface area contributed by atoms with Gasteiger partial charge in [-0.15, -0.1) is 24.8 Å². The van der Waals surface area contributed by atoms with Gasteiger partial charge >= 0.3 is 12.2 Å². The van der Waals surface area contributed by atoms with Gasteiger partial charge < -0.3 is 30.0 Å². The van der Waals surface area contributed by atoms with Gasteiger partial charge in [0.05, 0.1) is 13.7 Å². The fourth-order valence-electron chi connectivity index (χ4n) is 9.21. The Morgan fingerprint density at radius 3 is 2.31 bits per heavy atom. The summed E-state index contributed by atoms with van der Waals surface area (Å²) in [5.74, 6) is 1.52. The second kappa shape index (κ2) is 12.5. The van der Waals surface area contributed by atoms with Crippen molar-refractivity contribution in [1.82, 2.24) is 9.80 Å². The highest BCUT2D eigenvalue weighted by atomic mass is 35.5. The molecule has 0 radical (unpaired) electrons. The van der Waals surface area contributed by atoms with Crippen LogP contribution in [0.15, 0.2) is 0 Å². The van der Waals surface area contributed by atoms with E-state index >= 15 is 0 Å². The number of nitrogens with two attached hydrogens (primary N) is 1. The van der Waals surface area contributed by atoms with Gasteiger partial charge in [0.1, 0.15) is 12.2 Å². The van der Waals surface area contributed by atoms with Gasteiger partial charge in [-0.2, -0.15) is 0 Å². The molecule has 1 amide bonds. The predicted molar refractivity (Wildman–Crippen MR) is 152 cm³/mol. The number of hydrogen-bond donors (Lipinski definition) is 2. The van der Waals surface area contributed by atoms with Crippen molar-refractivity contribution in [3.63, 3.8) is 0 Å². The van der Waals surface area contributed by atoms with Crippen LogP contribution in [0.3, 0.4) is 0 Å². The van der Waals surface area contributed by atoms with Crippen LogP contribution in [0.2, 0.25) is 0 Å². The van der Waals surface area contributed by atoms with Gasteiger partial charge in [-0.3, -0.25) is 4.90 Å². The molecule has 0 spiro atoms. The molecule has 9 nitrogen and oxygen atoms in total. The van der Waals surface area contributed by atoms with Crippen LogP contribution in [0.25, 0.3) is 0 Å². The topological polar surface area (TPSA) is 115 Å². The molecule has 8 atom stereocenters. The maximum absolute atomic E-state index is 12.9. The average Bonchev–Trinajstić information content (AvgIpc) is 3.15. The Balaban J connectivity index is 0.00000210. The molecule has 5 aliphatic rings. The number of rotatable bonds is 4. The normalized spacial score (nSPS) is 41.6. The number of nitrogens with zero attached hydrogens (tertiary/aromatic N) is 2. The third-order valence-corrected chi connectivity index (χ3v) is 11.6. The quantitative estimate of drug-likeness (QED) is 0.465. The second-order valence-corrected chi connectivity index (χ2v) is 12.9. The molecule has 4 aliphatic carbocycles. The summed E-state index contributed by atoms with van der Waals surface area (Å²) < 4.78 is 16.6. The molecule has 1 heterocycles. The lowest BCUT2D eigenvalue weighted by Crippen LogP contribution is -2.67. The summed E-state index contributed by atoms with van der Waals surface area (Å²) in [6, 6.07) is 0. The van der Waals surface area contributed by atoms with Crippen LogP contribution in [0.1, 0.15) is 71.6 Å². The van der Waals surface area contributed by atoms with Crippen molar-refractivity contribution in [2.45, 2.75) is 89.4 Å². The predicted octanol–water partition coefficient (Wildman–Crippen LogP) is 4.22. The summed E-state index contributed by atoms with van der Waals surface area (Å²) in [4.78, 5) is 28.8. The molecule has 5 rings (SSSR count). The molecule has 1 saturated heterocycles. The number of halogens is 2. The number of ether oxygens (including phenoxy) is 3. The van der Waals surface area contributed by atoms with E-state index in [1.54, 1.807) is 0 Å². The van der Waals surface area contributed by atoms with Gasteiger partial charge in [0.15, 0.2) is 0 Å².